The molecular weight excluding hydrogens is 246 g/mol. The largest absolute Gasteiger partial charge is 0.488 e. The van der Waals surface area contributed by atoms with Crippen LogP contribution in [0.4, 0.5) is 0 Å². The molecule has 20 heavy (non-hydrogen) atoms. The van der Waals surface area contributed by atoms with Crippen molar-refractivity contribution in [2.24, 2.45) is 0 Å². The molecule has 2 rings (SSSR count). The van der Waals surface area contributed by atoms with E-state index in [0.29, 0.717) is 0 Å². The lowest BCUT2D eigenvalue weighted by Gasteiger charge is -2.22. The lowest BCUT2D eigenvalue weighted by Crippen LogP contribution is -2.27. The zero-order valence-corrected chi connectivity index (χ0v) is 13.3. The van der Waals surface area contributed by atoms with Gasteiger partial charge in [-0.1, -0.05) is 25.0 Å². The minimum absolute atomic E-state index is 0.117. The molecule has 2 nitrogen and oxygen atoms in total. The summed E-state index contributed by atoms with van der Waals surface area (Å²) in [5, 5.41) is 0. The Hall–Kier alpha value is -1.02. The van der Waals surface area contributed by atoms with Crippen molar-refractivity contribution in [1.82, 2.24) is 4.90 Å². The molecule has 1 aliphatic heterocycles. The Bertz CT molecular complexity index is 383. The van der Waals surface area contributed by atoms with Crippen LogP contribution in [0.2, 0.25) is 0 Å². The van der Waals surface area contributed by atoms with E-state index < -0.39 is 0 Å². The van der Waals surface area contributed by atoms with E-state index in [-0.39, 0.29) is 5.60 Å². The Balaban J connectivity index is 1.81. The van der Waals surface area contributed by atoms with Crippen LogP contribution in [0.25, 0.3) is 0 Å². The minimum atomic E-state index is -0.117. The first-order valence-electron chi connectivity index (χ1n) is 8.03. The smallest absolute Gasteiger partial charge is 0.120 e. The van der Waals surface area contributed by atoms with Gasteiger partial charge in [0, 0.05) is 6.54 Å². The van der Waals surface area contributed by atoms with Gasteiger partial charge < -0.3 is 9.64 Å². The van der Waals surface area contributed by atoms with E-state index in [1.807, 2.05) is 0 Å². The van der Waals surface area contributed by atoms with E-state index >= 15 is 0 Å². The highest BCUT2D eigenvalue weighted by molar-refractivity contribution is 5.27. The summed E-state index contributed by atoms with van der Waals surface area (Å²) in [5.41, 5.74) is 1.30. The molecule has 1 fully saturated rings. The molecule has 0 N–H and O–H groups in total. The second-order valence-electron chi connectivity index (χ2n) is 6.86. The number of nitrogens with zero attached hydrogens (tertiary/aromatic N) is 1. The molecule has 112 valence electrons. The molecule has 1 aromatic carbocycles. The van der Waals surface area contributed by atoms with Crippen LogP contribution in [0.15, 0.2) is 24.3 Å². The predicted molar refractivity (Wildman–Crippen MR) is 85.4 cm³/mol. The average molecular weight is 275 g/mol. The molecule has 2 heteroatoms. The first-order chi connectivity index (χ1) is 9.53. The van der Waals surface area contributed by atoms with Crippen LogP contribution in [0.3, 0.4) is 0 Å². The quantitative estimate of drug-likeness (QED) is 0.813. The van der Waals surface area contributed by atoms with Gasteiger partial charge in [0.25, 0.3) is 0 Å². The summed E-state index contributed by atoms with van der Waals surface area (Å²) in [4.78, 5) is 2.62. The molecule has 1 heterocycles. The van der Waals surface area contributed by atoms with Crippen LogP contribution in [-0.4, -0.2) is 30.1 Å². The molecule has 0 unspecified atom stereocenters. The van der Waals surface area contributed by atoms with Crippen molar-refractivity contribution in [3.8, 4) is 5.75 Å². The second-order valence-corrected chi connectivity index (χ2v) is 6.86. The number of ether oxygens (including phenoxy) is 1. The van der Waals surface area contributed by atoms with Crippen LogP contribution in [0.1, 0.15) is 52.0 Å². The Morgan fingerprint density at radius 1 is 0.950 bits per heavy atom. The summed E-state index contributed by atoms with van der Waals surface area (Å²) in [6.45, 7) is 10.0. The van der Waals surface area contributed by atoms with Crippen molar-refractivity contribution in [1.29, 1.82) is 0 Å². The Labute approximate surface area is 124 Å². The van der Waals surface area contributed by atoms with Gasteiger partial charge in [0.2, 0.25) is 0 Å². The fraction of sp³-hybridized carbons (Fsp3) is 0.667. The summed E-state index contributed by atoms with van der Waals surface area (Å²) < 4.78 is 5.86. The van der Waals surface area contributed by atoms with Crippen molar-refractivity contribution < 1.29 is 4.74 Å². The van der Waals surface area contributed by atoms with E-state index in [1.54, 1.807) is 0 Å². The fourth-order valence-corrected chi connectivity index (χ4v) is 2.72. The molecular formula is C18H29NO. The summed E-state index contributed by atoms with van der Waals surface area (Å²) in [7, 11) is 0. The molecule has 0 spiro atoms. The van der Waals surface area contributed by atoms with Gasteiger partial charge in [-0.15, -0.1) is 0 Å². The molecule has 0 amide bonds. The Morgan fingerprint density at radius 3 is 2.10 bits per heavy atom. The highest BCUT2D eigenvalue weighted by atomic mass is 16.5. The first-order valence-corrected chi connectivity index (χ1v) is 8.03. The predicted octanol–water partition coefficient (Wildman–Crippen LogP) is 4.28. The molecule has 0 saturated carbocycles. The van der Waals surface area contributed by atoms with Gasteiger partial charge in [-0.05, 0) is 70.8 Å². The molecule has 1 aliphatic rings. The van der Waals surface area contributed by atoms with Gasteiger partial charge in [-0.2, -0.15) is 0 Å². The second kappa shape index (κ2) is 7.12. The highest BCUT2D eigenvalue weighted by Gasteiger charge is 2.12. The Morgan fingerprint density at radius 2 is 1.55 bits per heavy atom. The van der Waals surface area contributed by atoms with Gasteiger partial charge in [0.05, 0.1) is 0 Å². The lowest BCUT2D eigenvalue weighted by atomic mass is 10.1. The molecule has 0 atom stereocenters. The van der Waals surface area contributed by atoms with Crippen LogP contribution in [-0.2, 0) is 6.42 Å². The molecule has 1 saturated heterocycles. The van der Waals surface area contributed by atoms with E-state index in [1.165, 1.54) is 50.9 Å². The lowest BCUT2D eigenvalue weighted by molar-refractivity contribution is 0.131. The van der Waals surface area contributed by atoms with Gasteiger partial charge in [-0.3, -0.25) is 0 Å². The van der Waals surface area contributed by atoms with E-state index in [0.717, 1.165) is 12.2 Å². The van der Waals surface area contributed by atoms with Crippen LogP contribution < -0.4 is 4.74 Å². The van der Waals surface area contributed by atoms with Gasteiger partial charge in [-0.25, -0.2) is 0 Å². The van der Waals surface area contributed by atoms with E-state index in [4.69, 9.17) is 4.74 Å². The van der Waals surface area contributed by atoms with Crippen molar-refractivity contribution in [3.05, 3.63) is 29.8 Å². The Kier molecular flexibility index (Phi) is 5.47. The first kappa shape index (κ1) is 15.4. The van der Waals surface area contributed by atoms with Gasteiger partial charge >= 0.3 is 0 Å². The number of hydrogen-bond donors (Lipinski definition) is 0. The maximum Gasteiger partial charge on any atom is 0.120 e. The van der Waals surface area contributed by atoms with Crippen molar-refractivity contribution in [3.63, 3.8) is 0 Å². The van der Waals surface area contributed by atoms with Gasteiger partial charge in [0.1, 0.15) is 11.4 Å². The maximum absolute atomic E-state index is 5.86. The summed E-state index contributed by atoms with van der Waals surface area (Å²) >= 11 is 0. The normalized spacial score (nSPS) is 17.8. The third-order valence-corrected chi connectivity index (χ3v) is 3.76. The van der Waals surface area contributed by atoms with E-state index in [9.17, 15) is 0 Å². The molecule has 0 aromatic heterocycles. The molecule has 1 aromatic rings. The van der Waals surface area contributed by atoms with Crippen molar-refractivity contribution >= 4 is 0 Å². The van der Waals surface area contributed by atoms with Gasteiger partial charge in [0.15, 0.2) is 0 Å². The molecule has 0 bridgehead atoms. The monoisotopic (exact) mass is 275 g/mol. The van der Waals surface area contributed by atoms with Crippen LogP contribution >= 0.6 is 0 Å². The standard InChI is InChI=1S/C18H29NO/c1-18(2,3)20-17-10-8-16(9-11-17)12-15-19-13-6-4-5-7-14-19/h8-11H,4-7,12-15H2,1-3H3. The molecule has 0 aliphatic carbocycles. The maximum atomic E-state index is 5.86. The zero-order valence-electron chi connectivity index (χ0n) is 13.3. The molecule has 0 radical (unpaired) electrons. The third kappa shape index (κ3) is 5.54. The van der Waals surface area contributed by atoms with Crippen LogP contribution in [0.5, 0.6) is 5.75 Å². The minimum Gasteiger partial charge on any atom is -0.488 e. The number of rotatable bonds is 4. The summed E-state index contributed by atoms with van der Waals surface area (Å²) in [5.74, 6) is 0.969. The number of benzene rings is 1. The van der Waals surface area contributed by atoms with Crippen LogP contribution in [0, 0.1) is 0 Å². The van der Waals surface area contributed by atoms with Crippen molar-refractivity contribution in [2.45, 2.75) is 58.5 Å². The number of likely N-dealkylation sites (tertiary alicyclic amines) is 1. The van der Waals surface area contributed by atoms with E-state index in [2.05, 4.69) is 49.9 Å². The summed E-state index contributed by atoms with van der Waals surface area (Å²) in [6, 6.07) is 8.61. The topological polar surface area (TPSA) is 12.5 Å². The van der Waals surface area contributed by atoms with Crippen molar-refractivity contribution in [2.75, 3.05) is 19.6 Å². The third-order valence-electron chi connectivity index (χ3n) is 3.76. The number of hydrogen-bond acceptors (Lipinski definition) is 2. The average Bonchev–Trinajstić information content (AvgIpc) is 2.65. The SMILES string of the molecule is CC(C)(C)Oc1ccc(CCN2CCCCCC2)cc1. The summed E-state index contributed by atoms with van der Waals surface area (Å²) in [6.07, 6.45) is 6.72. The zero-order chi connectivity index (χ0) is 14.4. The fourth-order valence-electron chi connectivity index (χ4n) is 2.72. The highest BCUT2D eigenvalue weighted by Crippen LogP contribution is 2.19.